The van der Waals surface area contributed by atoms with Crippen molar-refractivity contribution in [1.82, 2.24) is 0 Å². The van der Waals surface area contributed by atoms with E-state index in [0.717, 1.165) is 25.7 Å². The van der Waals surface area contributed by atoms with Gasteiger partial charge in [0.25, 0.3) is 0 Å². The van der Waals surface area contributed by atoms with Crippen LogP contribution in [0, 0.1) is 0 Å². The van der Waals surface area contributed by atoms with E-state index >= 15 is 0 Å². The van der Waals surface area contributed by atoms with Crippen molar-refractivity contribution in [3.05, 3.63) is 0 Å². The maximum Gasteiger partial charge on any atom is 2.00 e. The molecule has 0 unspecified atom stereocenters. The minimum Gasteiger partial charge on any atom is -1.00 e. The molecular formula is C9H20CaO2. The average molecular weight is 200 g/mol. The van der Waals surface area contributed by atoms with E-state index in [0.29, 0.717) is 13.0 Å². The molecule has 0 heterocycles. The van der Waals surface area contributed by atoms with Crippen LogP contribution in [-0.4, -0.2) is 50.3 Å². The number of hydrogen-bond donors (Lipinski definition) is 0. The Morgan fingerprint density at radius 3 is 2.33 bits per heavy atom. The van der Waals surface area contributed by atoms with Crippen LogP contribution >= 0.6 is 0 Å². The van der Waals surface area contributed by atoms with Crippen LogP contribution in [0.5, 0.6) is 0 Å². The van der Waals surface area contributed by atoms with Gasteiger partial charge in [0.1, 0.15) is 0 Å². The minimum absolute atomic E-state index is 0. The van der Waals surface area contributed by atoms with Crippen LogP contribution in [0.25, 0.3) is 0 Å². The summed E-state index contributed by atoms with van der Waals surface area (Å²) in [5.74, 6) is -0.0414. The van der Waals surface area contributed by atoms with Crippen molar-refractivity contribution in [1.29, 1.82) is 0 Å². The van der Waals surface area contributed by atoms with Crippen molar-refractivity contribution >= 4 is 43.7 Å². The van der Waals surface area contributed by atoms with Gasteiger partial charge in [0, 0.05) is 6.42 Å². The Bertz CT molecular complexity index is 113. The summed E-state index contributed by atoms with van der Waals surface area (Å²) in [6, 6.07) is 0. The first-order chi connectivity index (χ1) is 5.31. The van der Waals surface area contributed by atoms with Crippen LogP contribution in [0.3, 0.4) is 0 Å². The van der Waals surface area contributed by atoms with E-state index in [-0.39, 0.29) is 46.6 Å². The number of carbonyl (C=O) groups excluding carboxylic acids is 1. The van der Waals surface area contributed by atoms with E-state index in [1.807, 2.05) is 0 Å². The number of ether oxygens (including phenoxy) is 1. The van der Waals surface area contributed by atoms with Crippen LogP contribution in [0.15, 0.2) is 0 Å². The first-order valence-corrected chi connectivity index (χ1v) is 4.46. The summed E-state index contributed by atoms with van der Waals surface area (Å²) in [6.45, 7) is 4.75. The fourth-order valence-electron chi connectivity index (χ4n) is 0.724. The molecule has 0 rings (SSSR count). The second-order valence-corrected chi connectivity index (χ2v) is 2.68. The largest absolute Gasteiger partial charge is 2.00 e. The number of rotatable bonds is 6. The van der Waals surface area contributed by atoms with Crippen LogP contribution in [-0.2, 0) is 9.53 Å². The third kappa shape index (κ3) is 10.7. The molecule has 0 amide bonds. The standard InChI is InChI=1S/C9H18O2.Ca.2H/c1-3-5-7-9(10)11-8-6-4-2;;;/h3-8H2,1-2H3;;;/q;+2;2*-1. The van der Waals surface area contributed by atoms with Gasteiger partial charge in [0.05, 0.1) is 6.61 Å². The number of hydrogen-bond acceptors (Lipinski definition) is 2. The van der Waals surface area contributed by atoms with Gasteiger partial charge < -0.3 is 7.59 Å². The average Bonchev–Trinajstić information content (AvgIpc) is 2.01. The Labute approximate surface area is 108 Å². The zero-order chi connectivity index (χ0) is 8.53. The topological polar surface area (TPSA) is 26.3 Å². The summed E-state index contributed by atoms with van der Waals surface area (Å²) in [5, 5.41) is 0. The van der Waals surface area contributed by atoms with E-state index in [1.54, 1.807) is 0 Å². The van der Waals surface area contributed by atoms with Gasteiger partial charge in [-0.05, 0) is 12.8 Å². The third-order valence-corrected chi connectivity index (χ3v) is 1.50. The molecule has 0 atom stereocenters. The summed E-state index contributed by atoms with van der Waals surface area (Å²) in [5.41, 5.74) is 0. The van der Waals surface area contributed by atoms with Gasteiger partial charge in [0.2, 0.25) is 0 Å². The molecule has 0 aromatic heterocycles. The molecule has 12 heavy (non-hydrogen) atoms. The van der Waals surface area contributed by atoms with E-state index in [2.05, 4.69) is 13.8 Å². The molecule has 0 aromatic carbocycles. The third-order valence-electron chi connectivity index (χ3n) is 1.50. The SMILES string of the molecule is CCCCOC(=O)CCCC.[Ca+2].[H-].[H-]. The summed E-state index contributed by atoms with van der Waals surface area (Å²) in [6.07, 6.45) is 4.66. The van der Waals surface area contributed by atoms with Crippen LogP contribution in [0.2, 0.25) is 0 Å². The van der Waals surface area contributed by atoms with E-state index in [9.17, 15) is 4.79 Å². The molecule has 0 spiro atoms. The summed E-state index contributed by atoms with van der Waals surface area (Å²) in [4.78, 5) is 10.9. The molecule has 0 bridgehead atoms. The maximum absolute atomic E-state index is 10.9. The molecule has 0 N–H and O–H groups in total. The summed E-state index contributed by atoms with van der Waals surface area (Å²) < 4.78 is 4.95. The Kier molecular flexibility index (Phi) is 14.9. The zero-order valence-corrected chi connectivity index (χ0v) is 10.5. The van der Waals surface area contributed by atoms with Gasteiger partial charge in [-0.3, -0.25) is 4.79 Å². The van der Waals surface area contributed by atoms with Crippen molar-refractivity contribution in [2.45, 2.75) is 46.0 Å². The number of unbranched alkanes of at least 4 members (excludes halogenated alkanes) is 2. The minimum atomic E-state index is -0.0414. The first kappa shape index (κ1) is 15.2. The molecule has 0 aliphatic carbocycles. The fourth-order valence-corrected chi connectivity index (χ4v) is 0.724. The van der Waals surface area contributed by atoms with E-state index < -0.39 is 0 Å². The Morgan fingerprint density at radius 2 is 1.83 bits per heavy atom. The molecule has 0 aliphatic heterocycles. The second kappa shape index (κ2) is 11.7. The first-order valence-electron chi connectivity index (χ1n) is 4.46. The van der Waals surface area contributed by atoms with Gasteiger partial charge in [-0.1, -0.05) is 26.7 Å². The van der Waals surface area contributed by atoms with E-state index in [4.69, 9.17) is 4.74 Å². The van der Waals surface area contributed by atoms with Crippen LogP contribution in [0.4, 0.5) is 0 Å². The summed E-state index contributed by atoms with van der Waals surface area (Å²) in [7, 11) is 0. The molecule has 0 saturated heterocycles. The monoisotopic (exact) mass is 200 g/mol. The molecule has 3 heteroatoms. The molecular weight excluding hydrogens is 180 g/mol. The van der Waals surface area contributed by atoms with Crippen molar-refractivity contribution in [3.63, 3.8) is 0 Å². The van der Waals surface area contributed by atoms with Crippen molar-refractivity contribution in [2.24, 2.45) is 0 Å². The van der Waals surface area contributed by atoms with Gasteiger partial charge >= 0.3 is 43.7 Å². The van der Waals surface area contributed by atoms with Gasteiger partial charge in [-0.2, -0.15) is 0 Å². The van der Waals surface area contributed by atoms with Gasteiger partial charge in [-0.25, -0.2) is 0 Å². The van der Waals surface area contributed by atoms with Crippen molar-refractivity contribution < 1.29 is 12.4 Å². The molecule has 0 radical (unpaired) electrons. The summed E-state index contributed by atoms with van der Waals surface area (Å²) >= 11 is 0. The Hall–Kier alpha value is 0.730. The fraction of sp³-hybridized carbons (Fsp3) is 0.889. The van der Waals surface area contributed by atoms with Crippen molar-refractivity contribution in [2.75, 3.05) is 6.61 Å². The van der Waals surface area contributed by atoms with Crippen molar-refractivity contribution in [3.8, 4) is 0 Å². The predicted octanol–water partition coefficient (Wildman–Crippen LogP) is 2.36. The van der Waals surface area contributed by atoms with Gasteiger partial charge in [-0.15, -0.1) is 0 Å². The molecule has 0 fully saturated rings. The molecule has 0 aromatic rings. The quantitative estimate of drug-likeness (QED) is 0.374. The molecule has 0 aliphatic rings. The second-order valence-electron chi connectivity index (χ2n) is 2.68. The number of carbonyl (C=O) groups is 1. The predicted molar refractivity (Wildman–Crippen MR) is 53.4 cm³/mol. The van der Waals surface area contributed by atoms with E-state index in [1.165, 1.54) is 0 Å². The Balaban J connectivity index is -0.000000167. The van der Waals surface area contributed by atoms with Crippen LogP contribution < -0.4 is 0 Å². The molecule has 2 nitrogen and oxygen atoms in total. The zero-order valence-electron chi connectivity index (χ0n) is 10.3. The Morgan fingerprint density at radius 1 is 1.25 bits per heavy atom. The van der Waals surface area contributed by atoms with Gasteiger partial charge in [0.15, 0.2) is 0 Å². The number of esters is 1. The maximum atomic E-state index is 10.9. The normalized spacial score (nSPS) is 8.83. The molecule has 70 valence electrons. The molecule has 0 saturated carbocycles. The smallest absolute Gasteiger partial charge is 1.00 e. The van der Waals surface area contributed by atoms with Crippen LogP contribution in [0.1, 0.15) is 48.8 Å².